The number of methoxy groups -OCH3 is 1. The van der Waals surface area contributed by atoms with Gasteiger partial charge in [0, 0.05) is 41.8 Å². The van der Waals surface area contributed by atoms with Crippen LogP contribution in [0.4, 0.5) is 5.69 Å². The fourth-order valence-electron chi connectivity index (χ4n) is 5.68. The number of benzene rings is 4. The zero-order valence-electron chi connectivity index (χ0n) is 22.0. The van der Waals surface area contributed by atoms with Crippen LogP contribution in [0.25, 0.3) is 10.8 Å². The van der Waals surface area contributed by atoms with E-state index in [9.17, 15) is 5.11 Å². The number of halogens is 1. The second-order valence-corrected chi connectivity index (χ2v) is 11.3. The molecule has 5 heteroatoms. The van der Waals surface area contributed by atoms with Gasteiger partial charge in [0.25, 0.3) is 0 Å². The second-order valence-electron chi connectivity index (χ2n) is 10.4. The van der Waals surface area contributed by atoms with E-state index in [0.717, 1.165) is 57.2 Å². The van der Waals surface area contributed by atoms with Crippen molar-refractivity contribution in [3.8, 4) is 5.75 Å². The molecular formula is C32H35BrN2O2. The van der Waals surface area contributed by atoms with Crippen LogP contribution in [0, 0.1) is 0 Å². The summed E-state index contributed by atoms with van der Waals surface area (Å²) in [6, 6.07) is 27.5. The Morgan fingerprint density at radius 2 is 1.78 bits per heavy atom. The van der Waals surface area contributed by atoms with Crippen LogP contribution < -0.4 is 9.64 Å². The maximum absolute atomic E-state index is 13.0. The van der Waals surface area contributed by atoms with Crippen molar-refractivity contribution in [1.82, 2.24) is 4.90 Å². The molecule has 4 nitrogen and oxygen atoms in total. The summed E-state index contributed by atoms with van der Waals surface area (Å²) < 4.78 is 7.02. The quantitative estimate of drug-likeness (QED) is 0.265. The monoisotopic (exact) mass is 558 g/mol. The lowest BCUT2D eigenvalue weighted by Crippen LogP contribution is -2.38. The molecular weight excluding hydrogens is 524 g/mol. The number of anilines is 1. The summed E-state index contributed by atoms with van der Waals surface area (Å²) in [5.41, 5.74) is 4.36. The number of rotatable bonds is 8. The highest BCUT2D eigenvalue weighted by Gasteiger charge is 2.42. The fraction of sp³-hybridized carbons (Fsp3) is 0.312. The van der Waals surface area contributed by atoms with E-state index in [1.807, 2.05) is 12.1 Å². The first-order valence-corrected chi connectivity index (χ1v) is 13.6. The molecule has 0 radical (unpaired) electrons. The number of likely N-dealkylation sites (N-methyl/N-ethyl adjacent to an activating group) is 1. The molecule has 0 saturated heterocycles. The maximum Gasteiger partial charge on any atom is 0.123 e. The molecule has 2 atom stereocenters. The highest BCUT2D eigenvalue weighted by molar-refractivity contribution is 9.10. The molecule has 0 aromatic heterocycles. The van der Waals surface area contributed by atoms with Gasteiger partial charge in [0.05, 0.1) is 7.11 Å². The Bertz CT molecular complexity index is 1410. The van der Waals surface area contributed by atoms with Crippen molar-refractivity contribution in [3.63, 3.8) is 0 Å². The van der Waals surface area contributed by atoms with Gasteiger partial charge in [0.15, 0.2) is 0 Å². The van der Waals surface area contributed by atoms with Gasteiger partial charge in [-0.2, -0.15) is 0 Å². The topological polar surface area (TPSA) is 35.9 Å². The van der Waals surface area contributed by atoms with E-state index in [1.165, 1.54) is 11.3 Å². The molecule has 5 rings (SSSR count). The molecule has 0 aliphatic carbocycles. The summed E-state index contributed by atoms with van der Waals surface area (Å²) in [4.78, 5) is 4.43. The van der Waals surface area contributed by atoms with Gasteiger partial charge in [-0.1, -0.05) is 64.5 Å². The molecule has 0 fully saturated rings. The van der Waals surface area contributed by atoms with Crippen LogP contribution >= 0.6 is 15.9 Å². The van der Waals surface area contributed by atoms with Gasteiger partial charge in [-0.25, -0.2) is 0 Å². The van der Waals surface area contributed by atoms with Crippen LogP contribution in [0.15, 0.2) is 83.3 Å². The van der Waals surface area contributed by atoms with Crippen LogP contribution in [0.3, 0.4) is 0 Å². The van der Waals surface area contributed by atoms with Crippen molar-refractivity contribution in [2.75, 3.05) is 46.2 Å². The molecule has 1 aliphatic heterocycles. The van der Waals surface area contributed by atoms with Crippen molar-refractivity contribution < 1.29 is 9.84 Å². The maximum atomic E-state index is 13.0. The zero-order valence-corrected chi connectivity index (χ0v) is 23.6. The molecule has 1 heterocycles. The molecule has 0 saturated carbocycles. The molecule has 0 amide bonds. The first-order chi connectivity index (χ1) is 17.8. The Kier molecular flexibility index (Phi) is 7.30. The average molecular weight is 560 g/mol. The van der Waals surface area contributed by atoms with Gasteiger partial charge in [-0.05, 0) is 84.7 Å². The highest BCUT2D eigenvalue weighted by atomic mass is 79.9. The fourth-order valence-corrected chi connectivity index (χ4v) is 6.06. The Hall–Kier alpha value is -2.86. The lowest BCUT2D eigenvalue weighted by Gasteiger charge is -2.39. The summed E-state index contributed by atoms with van der Waals surface area (Å²) >= 11 is 3.63. The Balaban J connectivity index is 1.77. The Morgan fingerprint density at radius 3 is 2.51 bits per heavy atom. The Morgan fingerprint density at radius 1 is 1.00 bits per heavy atom. The van der Waals surface area contributed by atoms with Crippen LogP contribution in [0.5, 0.6) is 5.75 Å². The molecule has 1 aliphatic rings. The van der Waals surface area contributed by atoms with Gasteiger partial charge >= 0.3 is 0 Å². The summed E-state index contributed by atoms with van der Waals surface area (Å²) in [6.45, 7) is 1.75. The van der Waals surface area contributed by atoms with Crippen LogP contribution in [0.1, 0.15) is 34.6 Å². The van der Waals surface area contributed by atoms with Crippen LogP contribution in [-0.4, -0.2) is 51.3 Å². The minimum Gasteiger partial charge on any atom is -0.496 e. The largest absolute Gasteiger partial charge is 0.496 e. The smallest absolute Gasteiger partial charge is 0.123 e. The molecule has 0 bridgehead atoms. The molecule has 37 heavy (non-hydrogen) atoms. The predicted octanol–water partition coefficient (Wildman–Crippen LogP) is 6.57. The predicted molar refractivity (Wildman–Crippen MR) is 157 cm³/mol. The standard InChI is InChI=1S/C32H35BrN2O2/c1-34(2)17-15-32(36,26-12-10-22-14-16-35(3)29(22)21-26)31(23-8-6-5-7-9-23)28-19-25-18-27(33)13-11-24(25)20-30(28)37-4/h5-13,18-21,31,36H,14-17H2,1-4H3/t31-,32-/m1/s1. The molecule has 0 spiro atoms. The van der Waals surface area contributed by atoms with E-state index in [1.54, 1.807) is 7.11 Å². The average Bonchev–Trinajstić information content (AvgIpc) is 3.27. The van der Waals surface area contributed by atoms with Gasteiger partial charge in [0.1, 0.15) is 11.4 Å². The van der Waals surface area contributed by atoms with Gasteiger partial charge in [-0.15, -0.1) is 0 Å². The first-order valence-electron chi connectivity index (χ1n) is 12.8. The van der Waals surface area contributed by atoms with Crippen molar-refractivity contribution in [2.24, 2.45) is 0 Å². The first kappa shape index (κ1) is 25.8. The van der Waals surface area contributed by atoms with E-state index in [-0.39, 0.29) is 5.92 Å². The van der Waals surface area contributed by atoms with E-state index < -0.39 is 5.60 Å². The minimum absolute atomic E-state index is 0.336. The van der Waals surface area contributed by atoms with Gasteiger partial charge in [0.2, 0.25) is 0 Å². The summed E-state index contributed by atoms with van der Waals surface area (Å²) in [5.74, 6) is 0.446. The number of fused-ring (bicyclic) bond motifs is 2. The number of ether oxygens (including phenoxy) is 1. The van der Waals surface area contributed by atoms with E-state index in [0.29, 0.717) is 6.42 Å². The van der Waals surface area contributed by atoms with Crippen LogP contribution in [-0.2, 0) is 12.0 Å². The third kappa shape index (κ3) is 5.00. The number of hydrogen-bond acceptors (Lipinski definition) is 4. The number of nitrogens with zero attached hydrogens (tertiary/aromatic N) is 2. The normalized spacial score (nSPS) is 15.6. The third-order valence-electron chi connectivity index (χ3n) is 7.73. The van der Waals surface area contributed by atoms with E-state index in [2.05, 4.69) is 114 Å². The van der Waals surface area contributed by atoms with Crippen molar-refractivity contribution in [2.45, 2.75) is 24.4 Å². The van der Waals surface area contributed by atoms with Crippen LogP contribution in [0.2, 0.25) is 0 Å². The lowest BCUT2D eigenvalue weighted by atomic mass is 9.71. The SMILES string of the molecule is COc1cc2ccc(Br)cc2cc1[C@@H](c1ccccc1)[C@@](O)(CCN(C)C)c1ccc2c(c1)N(C)CC2. The number of aliphatic hydroxyl groups is 1. The van der Waals surface area contributed by atoms with Gasteiger partial charge in [-0.3, -0.25) is 0 Å². The second kappa shape index (κ2) is 10.5. The molecule has 1 N–H and O–H groups in total. The van der Waals surface area contributed by atoms with Crippen molar-refractivity contribution in [1.29, 1.82) is 0 Å². The van der Waals surface area contributed by atoms with Crippen molar-refractivity contribution >= 4 is 32.4 Å². The molecule has 0 unspecified atom stereocenters. The number of hydrogen-bond donors (Lipinski definition) is 1. The van der Waals surface area contributed by atoms with Gasteiger partial charge < -0.3 is 19.6 Å². The summed E-state index contributed by atoms with van der Waals surface area (Å²) in [7, 11) is 7.97. The molecule has 192 valence electrons. The zero-order chi connectivity index (χ0) is 26.2. The summed E-state index contributed by atoms with van der Waals surface area (Å²) in [5, 5.41) is 15.2. The van der Waals surface area contributed by atoms with E-state index >= 15 is 0 Å². The van der Waals surface area contributed by atoms with E-state index in [4.69, 9.17) is 4.74 Å². The third-order valence-corrected chi connectivity index (χ3v) is 8.22. The summed E-state index contributed by atoms with van der Waals surface area (Å²) in [6.07, 6.45) is 1.61. The molecule has 4 aromatic rings. The minimum atomic E-state index is -1.17. The lowest BCUT2D eigenvalue weighted by molar-refractivity contribution is 0.00398. The Labute approximate surface area is 228 Å². The highest BCUT2D eigenvalue weighted by Crippen LogP contribution is 2.49. The van der Waals surface area contributed by atoms with Crippen molar-refractivity contribution in [3.05, 3.63) is 106 Å². The molecule has 4 aromatic carbocycles.